The van der Waals surface area contributed by atoms with Gasteiger partial charge >= 0.3 is 6.03 Å². The Balaban J connectivity index is 1.40. The summed E-state index contributed by atoms with van der Waals surface area (Å²) in [6.07, 6.45) is 4.35. The van der Waals surface area contributed by atoms with Crippen LogP contribution in [0.2, 0.25) is 0 Å². The molecule has 5 rings (SSSR count). The SMILES string of the molecule is CCCCCCNC(=O)Nc1ccc2c(c1)C(=O)N(Cc1cc(OCc3cc(C(C)(C)C)cc(C(C)(C)C)c3)cc(OCc3cc(C(C)(C)C)cc(C(C)(C)C)c3)c1)C2. The number of anilines is 1. The summed E-state index contributed by atoms with van der Waals surface area (Å²) in [5, 5.41) is 5.84. The Hall–Kier alpha value is -4.78. The highest BCUT2D eigenvalue weighted by Gasteiger charge is 2.29. The minimum atomic E-state index is -0.257. The molecule has 7 nitrogen and oxygen atoms in total. The van der Waals surface area contributed by atoms with Crippen molar-refractivity contribution in [2.75, 3.05) is 11.9 Å². The average Bonchev–Trinajstić information content (AvgIpc) is 3.44. The summed E-state index contributed by atoms with van der Waals surface area (Å²) in [4.78, 5) is 28.3. The monoisotopic (exact) mass is 802 g/mol. The molecule has 0 bridgehead atoms. The van der Waals surface area contributed by atoms with Gasteiger partial charge in [0.2, 0.25) is 0 Å². The molecule has 59 heavy (non-hydrogen) atoms. The van der Waals surface area contributed by atoms with E-state index in [9.17, 15) is 9.59 Å². The maximum Gasteiger partial charge on any atom is 0.319 e. The zero-order valence-corrected chi connectivity index (χ0v) is 38.4. The summed E-state index contributed by atoms with van der Waals surface area (Å²) < 4.78 is 13.2. The molecule has 4 aromatic carbocycles. The number of hydrogen-bond acceptors (Lipinski definition) is 4. The number of carbonyl (C=O) groups is 2. The van der Waals surface area contributed by atoms with Gasteiger partial charge < -0.3 is 25.0 Å². The molecule has 0 atom stereocenters. The molecule has 4 aromatic rings. The van der Waals surface area contributed by atoms with Gasteiger partial charge in [-0.1, -0.05) is 152 Å². The molecule has 7 heteroatoms. The molecule has 2 N–H and O–H groups in total. The Morgan fingerprint density at radius 1 is 0.610 bits per heavy atom. The van der Waals surface area contributed by atoms with Crippen LogP contribution in [0.25, 0.3) is 0 Å². The van der Waals surface area contributed by atoms with Gasteiger partial charge in [0.15, 0.2) is 0 Å². The maximum atomic E-state index is 13.9. The van der Waals surface area contributed by atoms with Crippen molar-refractivity contribution >= 4 is 17.6 Å². The van der Waals surface area contributed by atoms with E-state index in [0.717, 1.165) is 47.9 Å². The molecule has 318 valence electrons. The second-order valence-corrected chi connectivity index (χ2v) is 20.7. The van der Waals surface area contributed by atoms with Crippen LogP contribution in [0, 0.1) is 0 Å². The van der Waals surface area contributed by atoms with E-state index in [0.29, 0.717) is 55.6 Å². The molecular formula is C52H71N3O4. The largest absolute Gasteiger partial charge is 0.489 e. The highest BCUT2D eigenvalue weighted by atomic mass is 16.5. The lowest BCUT2D eigenvalue weighted by Crippen LogP contribution is -2.29. The number of rotatable bonds is 14. The second kappa shape index (κ2) is 18.2. The number of ether oxygens (including phenoxy) is 2. The molecule has 0 fully saturated rings. The van der Waals surface area contributed by atoms with Gasteiger partial charge in [-0.05, 0) is 96.9 Å². The van der Waals surface area contributed by atoms with Gasteiger partial charge in [0.25, 0.3) is 5.91 Å². The number of urea groups is 1. The van der Waals surface area contributed by atoms with Crippen LogP contribution in [-0.4, -0.2) is 23.4 Å². The molecule has 0 spiro atoms. The van der Waals surface area contributed by atoms with Crippen molar-refractivity contribution in [2.45, 2.75) is 164 Å². The third-order valence-corrected chi connectivity index (χ3v) is 11.1. The molecule has 1 aliphatic heterocycles. The minimum absolute atomic E-state index is 0.00887. The number of unbranched alkanes of at least 4 members (excludes halogenated alkanes) is 3. The third-order valence-electron chi connectivity index (χ3n) is 11.1. The topological polar surface area (TPSA) is 79.9 Å². The normalized spacial score (nSPS) is 13.4. The summed E-state index contributed by atoms with van der Waals surface area (Å²) in [7, 11) is 0. The van der Waals surface area contributed by atoms with E-state index in [1.807, 2.05) is 35.2 Å². The van der Waals surface area contributed by atoms with Gasteiger partial charge in [0, 0.05) is 37.0 Å². The number of nitrogens with zero attached hydrogens (tertiary/aromatic N) is 1. The molecule has 0 aromatic heterocycles. The molecule has 1 aliphatic rings. The lowest BCUT2D eigenvalue weighted by atomic mass is 9.79. The number of benzene rings is 4. The Kier molecular flexibility index (Phi) is 14.0. The molecule has 0 unspecified atom stereocenters. The first-order valence-corrected chi connectivity index (χ1v) is 21.7. The van der Waals surface area contributed by atoms with E-state index < -0.39 is 0 Å². The van der Waals surface area contributed by atoms with Gasteiger partial charge in [-0.2, -0.15) is 0 Å². The van der Waals surface area contributed by atoms with Crippen LogP contribution >= 0.6 is 0 Å². The number of nitrogens with one attached hydrogen (secondary N) is 2. The van der Waals surface area contributed by atoms with E-state index in [1.54, 1.807) is 6.07 Å². The summed E-state index contributed by atoms with van der Waals surface area (Å²) in [6.45, 7) is 31.4. The van der Waals surface area contributed by atoms with Gasteiger partial charge in [-0.15, -0.1) is 0 Å². The number of fused-ring (bicyclic) bond motifs is 1. The molecule has 1 heterocycles. The molecular weight excluding hydrogens is 731 g/mol. The maximum absolute atomic E-state index is 13.9. The van der Waals surface area contributed by atoms with Gasteiger partial charge in [0.1, 0.15) is 24.7 Å². The van der Waals surface area contributed by atoms with Crippen LogP contribution in [-0.2, 0) is 48.0 Å². The van der Waals surface area contributed by atoms with Crippen molar-refractivity contribution in [1.29, 1.82) is 0 Å². The first-order chi connectivity index (χ1) is 27.5. The number of hydrogen-bond donors (Lipinski definition) is 2. The van der Waals surface area contributed by atoms with Crippen LogP contribution in [0.5, 0.6) is 11.5 Å². The van der Waals surface area contributed by atoms with Crippen molar-refractivity contribution in [1.82, 2.24) is 10.2 Å². The zero-order chi connectivity index (χ0) is 43.3. The Morgan fingerprint density at radius 3 is 1.56 bits per heavy atom. The van der Waals surface area contributed by atoms with Crippen molar-refractivity contribution in [3.63, 3.8) is 0 Å². The molecule has 0 radical (unpaired) electrons. The fourth-order valence-corrected chi connectivity index (χ4v) is 7.22. The van der Waals surface area contributed by atoms with Crippen LogP contribution in [0.4, 0.5) is 10.5 Å². The summed E-state index contributed by atoms with van der Waals surface area (Å²) in [5.74, 6) is 1.30. The smallest absolute Gasteiger partial charge is 0.319 e. The fourth-order valence-electron chi connectivity index (χ4n) is 7.22. The summed E-state index contributed by atoms with van der Waals surface area (Å²) in [5.41, 5.74) is 10.4. The van der Waals surface area contributed by atoms with Crippen LogP contribution < -0.4 is 20.1 Å². The van der Waals surface area contributed by atoms with Crippen molar-refractivity contribution in [2.24, 2.45) is 0 Å². The van der Waals surface area contributed by atoms with E-state index >= 15 is 0 Å². The van der Waals surface area contributed by atoms with E-state index in [-0.39, 0.29) is 33.6 Å². The minimum Gasteiger partial charge on any atom is -0.489 e. The zero-order valence-electron chi connectivity index (χ0n) is 38.4. The molecule has 3 amide bonds. The second-order valence-electron chi connectivity index (χ2n) is 20.7. The van der Waals surface area contributed by atoms with E-state index in [4.69, 9.17) is 9.47 Å². The Morgan fingerprint density at radius 2 is 1.10 bits per heavy atom. The predicted octanol–water partition coefficient (Wildman–Crippen LogP) is 12.9. The van der Waals surface area contributed by atoms with Crippen LogP contribution in [0.3, 0.4) is 0 Å². The number of amides is 3. The fraction of sp³-hybridized carbons (Fsp3) is 0.500. The number of carbonyl (C=O) groups excluding carboxylic acids is 2. The van der Waals surface area contributed by atoms with Crippen LogP contribution in [0.1, 0.15) is 171 Å². The van der Waals surface area contributed by atoms with Crippen molar-refractivity contribution < 1.29 is 19.1 Å². The third kappa shape index (κ3) is 12.6. The van der Waals surface area contributed by atoms with Gasteiger partial charge in [0.05, 0.1) is 0 Å². The first-order valence-electron chi connectivity index (χ1n) is 21.7. The molecule has 0 saturated heterocycles. The standard InChI is InChI=1S/C52H71N3O4/c1-14-15-16-17-20-53-48(57)54-43-19-18-38-32-55(47(56)46(38)29-43)31-35-25-44(58-33-36-21-39(49(2,3)4)27-40(22-36)50(5,6)7)30-45(26-35)59-34-37-23-41(51(8,9)10)28-42(24-37)52(11,12)13/h18-19,21-30H,14-17,20,31-34H2,1-13H3,(H2,53,54,57). The highest BCUT2D eigenvalue weighted by Crippen LogP contribution is 2.34. The molecule has 0 aliphatic carbocycles. The van der Waals surface area contributed by atoms with Gasteiger partial charge in [-0.3, -0.25) is 4.79 Å². The summed E-state index contributed by atoms with van der Waals surface area (Å²) in [6, 6.07) is 25.0. The quantitative estimate of drug-likeness (QED) is 0.124. The van der Waals surface area contributed by atoms with Gasteiger partial charge in [-0.25, -0.2) is 4.79 Å². The van der Waals surface area contributed by atoms with Crippen LogP contribution in [0.15, 0.2) is 72.8 Å². The highest BCUT2D eigenvalue weighted by molar-refractivity contribution is 6.00. The first kappa shape index (κ1) is 45.3. The van der Waals surface area contributed by atoms with E-state index in [1.165, 1.54) is 22.3 Å². The molecule has 0 saturated carbocycles. The average molecular weight is 802 g/mol. The van der Waals surface area contributed by atoms with E-state index in [2.05, 4.69) is 137 Å². The lowest BCUT2D eigenvalue weighted by Gasteiger charge is -2.26. The Bertz CT molecular complexity index is 1940. The lowest BCUT2D eigenvalue weighted by molar-refractivity contribution is 0.0766. The summed E-state index contributed by atoms with van der Waals surface area (Å²) >= 11 is 0. The predicted molar refractivity (Wildman–Crippen MR) is 244 cm³/mol. The van der Waals surface area contributed by atoms with Crippen molar-refractivity contribution in [3.8, 4) is 11.5 Å². The Labute approximate surface area is 355 Å². The van der Waals surface area contributed by atoms with Crippen molar-refractivity contribution in [3.05, 3.63) is 123 Å².